The number of hydrogen-bond acceptors (Lipinski definition) is 6. The summed E-state index contributed by atoms with van der Waals surface area (Å²) in [5, 5.41) is 10.7. The first-order chi connectivity index (χ1) is 17.9. The van der Waals surface area contributed by atoms with Crippen LogP contribution in [0.5, 0.6) is 5.88 Å². The summed E-state index contributed by atoms with van der Waals surface area (Å²) in [7, 11) is 0. The SMILES string of the molecule is CCCC(=O)NC(C)(C)C=Cn1ncc(C(=O)NC2C3CC4CC2CC(OC(N)=O)(C4)C3)c1OCC(C)C. The third kappa shape index (κ3) is 6.32. The van der Waals surface area contributed by atoms with E-state index >= 15 is 0 Å². The minimum Gasteiger partial charge on any atom is -0.477 e. The summed E-state index contributed by atoms with van der Waals surface area (Å²) in [6, 6.07) is 0.00760. The number of carbonyl (C=O) groups is 3. The van der Waals surface area contributed by atoms with E-state index in [2.05, 4.69) is 15.7 Å². The Labute approximate surface area is 225 Å². The molecule has 1 aromatic heterocycles. The monoisotopic (exact) mass is 529 g/mol. The molecule has 0 spiro atoms. The van der Waals surface area contributed by atoms with Gasteiger partial charge in [-0.3, -0.25) is 9.59 Å². The summed E-state index contributed by atoms with van der Waals surface area (Å²) >= 11 is 0. The van der Waals surface area contributed by atoms with Crippen LogP contribution in [0.1, 0.15) is 89.9 Å². The Morgan fingerprint density at radius 3 is 2.53 bits per heavy atom. The lowest BCUT2D eigenvalue weighted by Gasteiger charge is -2.58. The maximum atomic E-state index is 13.6. The third-order valence-corrected chi connectivity index (χ3v) is 7.95. The van der Waals surface area contributed by atoms with E-state index in [0.29, 0.717) is 30.4 Å². The van der Waals surface area contributed by atoms with Gasteiger partial charge >= 0.3 is 6.09 Å². The molecular weight excluding hydrogens is 486 g/mol. The van der Waals surface area contributed by atoms with Crippen LogP contribution in [0.4, 0.5) is 4.79 Å². The molecule has 210 valence electrons. The van der Waals surface area contributed by atoms with Crippen LogP contribution in [0.25, 0.3) is 6.20 Å². The number of amides is 3. The van der Waals surface area contributed by atoms with E-state index in [9.17, 15) is 14.4 Å². The van der Waals surface area contributed by atoms with Crippen molar-refractivity contribution in [2.24, 2.45) is 29.4 Å². The Bertz CT molecular complexity index is 1060. The summed E-state index contributed by atoms with van der Waals surface area (Å²) in [6.45, 7) is 10.3. The lowest BCUT2D eigenvalue weighted by Crippen LogP contribution is -2.63. The zero-order chi connectivity index (χ0) is 27.7. The molecule has 1 heterocycles. The van der Waals surface area contributed by atoms with E-state index in [0.717, 1.165) is 38.5 Å². The number of rotatable bonds is 11. The predicted octanol–water partition coefficient (Wildman–Crippen LogP) is 3.86. The lowest BCUT2D eigenvalue weighted by atomic mass is 9.52. The largest absolute Gasteiger partial charge is 0.477 e. The molecule has 3 amide bonds. The van der Waals surface area contributed by atoms with Crippen LogP contribution in [0.3, 0.4) is 0 Å². The molecule has 10 heteroatoms. The molecule has 4 fully saturated rings. The first-order valence-electron chi connectivity index (χ1n) is 13.9. The topological polar surface area (TPSA) is 138 Å². The van der Waals surface area contributed by atoms with Crippen LogP contribution in [0.2, 0.25) is 0 Å². The minimum absolute atomic E-state index is 0.00760. The minimum atomic E-state index is -0.715. The molecular formula is C28H43N5O5. The van der Waals surface area contributed by atoms with Gasteiger partial charge in [-0.15, -0.1) is 0 Å². The predicted molar refractivity (Wildman–Crippen MR) is 143 cm³/mol. The molecule has 0 saturated heterocycles. The highest BCUT2D eigenvalue weighted by atomic mass is 16.6. The molecule has 10 nitrogen and oxygen atoms in total. The first kappa shape index (κ1) is 28.0. The molecule has 0 radical (unpaired) electrons. The van der Waals surface area contributed by atoms with E-state index in [1.165, 1.54) is 6.20 Å². The van der Waals surface area contributed by atoms with Gasteiger partial charge in [0.2, 0.25) is 11.8 Å². The smallest absolute Gasteiger partial charge is 0.405 e. The molecule has 2 atom stereocenters. The molecule has 38 heavy (non-hydrogen) atoms. The number of hydrogen-bond donors (Lipinski definition) is 3. The average molecular weight is 530 g/mol. The molecule has 4 bridgehead atoms. The summed E-state index contributed by atoms with van der Waals surface area (Å²) in [5.41, 5.74) is 4.68. The van der Waals surface area contributed by atoms with Crippen molar-refractivity contribution in [3.8, 4) is 5.88 Å². The second-order valence-electron chi connectivity index (χ2n) is 12.4. The van der Waals surface area contributed by atoms with Crippen LogP contribution < -0.4 is 21.1 Å². The number of aromatic nitrogens is 2. The van der Waals surface area contributed by atoms with Crippen molar-refractivity contribution in [3.05, 3.63) is 17.8 Å². The maximum Gasteiger partial charge on any atom is 0.405 e. The Morgan fingerprint density at radius 1 is 1.24 bits per heavy atom. The lowest BCUT2D eigenvalue weighted by molar-refractivity contribution is -0.137. The Morgan fingerprint density at radius 2 is 1.92 bits per heavy atom. The molecule has 4 aliphatic carbocycles. The zero-order valence-corrected chi connectivity index (χ0v) is 23.3. The van der Waals surface area contributed by atoms with E-state index in [1.54, 1.807) is 10.9 Å². The number of carbonyl (C=O) groups excluding carboxylic acids is 3. The standard InChI is InChI=1S/C28H43N5O5/c1-6-7-22(34)32-27(4,5)8-9-33-25(37-16-17(2)3)21(15-30-33)24(35)31-23-19-10-18-11-20(23)14-28(12-18,13-19)38-26(29)36/h8-9,15,17-20,23H,6-7,10-14,16H2,1-5H3,(H2,29,36)(H,31,35)(H,32,34). The van der Waals surface area contributed by atoms with E-state index < -0.39 is 17.2 Å². The van der Waals surface area contributed by atoms with Crippen LogP contribution in [-0.2, 0) is 9.53 Å². The van der Waals surface area contributed by atoms with Crippen molar-refractivity contribution in [2.75, 3.05) is 6.61 Å². The third-order valence-electron chi connectivity index (χ3n) is 7.95. The Hall–Kier alpha value is -3.04. The fraction of sp³-hybridized carbons (Fsp3) is 0.714. The summed E-state index contributed by atoms with van der Waals surface area (Å²) in [5.74, 6) is 1.38. The molecule has 4 N–H and O–H groups in total. The van der Waals surface area contributed by atoms with Crippen molar-refractivity contribution < 1.29 is 23.9 Å². The number of nitrogens with two attached hydrogens (primary N) is 1. The Balaban J connectivity index is 1.50. The van der Waals surface area contributed by atoms with Crippen molar-refractivity contribution in [1.29, 1.82) is 0 Å². The van der Waals surface area contributed by atoms with Gasteiger partial charge in [-0.1, -0.05) is 20.8 Å². The van der Waals surface area contributed by atoms with Crippen LogP contribution in [0, 0.1) is 23.7 Å². The summed E-state index contributed by atoms with van der Waals surface area (Å²) < 4.78 is 13.2. The van der Waals surface area contributed by atoms with Crippen LogP contribution in [-0.4, -0.2) is 51.5 Å². The normalized spacial score (nSPS) is 28.1. The fourth-order valence-corrected chi connectivity index (χ4v) is 6.70. The highest BCUT2D eigenvalue weighted by molar-refractivity contribution is 5.96. The Kier molecular flexibility index (Phi) is 8.09. The van der Waals surface area contributed by atoms with E-state index in [1.807, 2.05) is 40.7 Å². The van der Waals surface area contributed by atoms with Gasteiger partial charge in [0.1, 0.15) is 11.2 Å². The molecule has 4 saturated carbocycles. The van der Waals surface area contributed by atoms with Gasteiger partial charge in [0.25, 0.3) is 5.91 Å². The summed E-state index contributed by atoms with van der Waals surface area (Å²) in [4.78, 5) is 37.2. The van der Waals surface area contributed by atoms with Crippen molar-refractivity contribution in [1.82, 2.24) is 20.4 Å². The first-order valence-corrected chi connectivity index (χ1v) is 13.9. The second kappa shape index (κ2) is 11.0. The van der Waals surface area contributed by atoms with Gasteiger partial charge in [0.15, 0.2) is 0 Å². The second-order valence-corrected chi connectivity index (χ2v) is 12.4. The summed E-state index contributed by atoms with van der Waals surface area (Å²) in [6.07, 6.45) is 9.98. The number of nitrogens with one attached hydrogen (secondary N) is 2. The molecule has 0 aliphatic heterocycles. The quantitative estimate of drug-likeness (QED) is 0.398. The fourth-order valence-electron chi connectivity index (χ4n) is 6.70. The van der Waals surface area contributed by atoms with E-state index in [4.69, 9.17) is 15.2 Å². The number of nitrogens with zero attached hydrogens (tertiary/aromatic N) is 2. The average Bonchev–Trinajstić information content (AvgIpc) is 3.20. The van der Waals surface area contributed by atoms with Crippen molar-refractivity contribution >= 4 is 24.1 Å². The molecule has 5 rings (SSSR count). The number of ether oxygens (including phenoxy) is 2. The molecule has 4 aliphatic rings. The van der Waals surface area contributed by atoms with Crippen LogP contribution in [0.15, 0.2) is 12.3 Å². The molecule has 0 aromatic carbocycles. The van der Waals surface area contributed by atoms with Gasteiger partial charge in [0.05, 0.1) is 18.3 Å². The van der Waals surface area contributed by atoms with Gasteiger partial charge in [0, 0.05) is 18.7 Å². The van der Waals surface area contributed by atoms with Gasteiger partial charge < -0.3 is 25.8 Å². The van der Waals surface area contributed by atoms with Crippen LogP contribution >= 0.6 is 0 Å². The molecule has 1 aromatic rings. The van der Waals surface area contributed by atoms with Crippen molar-refractivity contribution in [3.63, 3.8) is 0 Å². The highest BCUT2D eigenvalue weighted by Gasteiger charge is 2.57. The zero-order valence-electron chi connectivity index (χ0n) is 23.3. The van der Waals surface area contributed by atoms with E-state index in [-0.39, 0.29) is 35.6 Å². The number of primary amides is 1. The van der Waals surface area contributed by atoms with Gasteiger partial charge in [-0.25, -0.2) is 9.48 Å². The molecule has 2 unspecified atom stereocenters. The van der Waals surface area contributed by atoms with Gasteiger partial charge in [-0.2, -0.15) is 5.10 Å². The van der Waals surface area contributed by atoms with Gasteiger partial charge in [-0.05, 0) is 82.1 Å². The maximum absolute atomic E-state index is 13.6. The van der Waals surface area contributed by atoms with Crippen molar-refractivity contribution in [2.45, 2.75) is 96.7 Å². The highest BCUT2D eigenvalue weighted by Crippen LogP contribution is 2.57.